The van der Waals surface area contributed by atoms with Crippen LogP contribution in [-0.4, -0.2) is 16.6 Å². The molecule has 0 saturated heterocycles. The largest absolute Gasteiger partial charge is 0.321 e. The van der Waals surface area contributed by atoms with Crippen molar-refractivity contribution in [3.63, 3.8) is 0 Å². The first kappa shape index (κ1) is 16.3. The first-order valence-corrected chi connectivity index (χ1v) is 9.44. The fourth-order valence-corrected chi connectivity index (χ4v) is 4.23. The molecule has 3 N–H and O–H groups in total. The third-order valence-electron chi connectivity index (χ3n) is 5.95. The number of carbonyl (C=O) groups is 1. The van der Waals surface area contributed by atoms with Crippen molar-refractivity contribution >= 4 is 11.6 Å². The minimum Gasteiger partial charge on any atom is -0.321 e. The molecule has 2 aromatic rings. The lowest BCUT2D eigenvalue weighted by molar-refractivity contribution is -0.110. The summed E-state index contributed by atoms with van der Waals surface area (Å²) in [5.74, 6) is 0.402. The van der Waals surface area contributed by atoms with Crippen LogP contribution in [-0.2, 0) is 10.3 Å². The molecule has 1 fully saturated rings. The van der Waals surface area contributed by atoms with Crippen molar-refractivity contribution in [3.05, 3.63) is 83.6 Å². The van der Waals surface area contributed by atoms with E-state index in [1.54, 1.807) is 6.20 Å². The Labute approximate surface area is 158 Å². The topological polar surface area (TPSA) is 70.7 Å². The Bertz CT molecular complexity index is 929. The normalized spacial score (nSPS) is 25.4. The van der Waals surface area contributed by atoms with Gasteiger partial charge >= 0.3 is 0 Å². The number of fused-ring (bicyclic) bond motifs is 1. The van der Waals surface area contributed by atoms with Crippen LogP contribution in [0, 0.1) is 0 Å². The number of hydrazine groups is 1. The van der Waals surface area contributed by atoms with Crippen molar-refractivity contribution in [2.24, 2.45) is 10.7 Å². The maximum atomic E-state index is 12.3. The second-order valence-electron chi connectivity index (χ2n) is 7.58. The SMILES string of the molecule is NC1(c2ccc(C3N=C4C(=O)C=CNN4C3c3ccccc3)cc2)CCC1. The summed E-state index contributed by atoms with van der Waals surface area (Å²) in [5, 5.41) is 1.88. The highest BCUT2D eigenvalue weighted by molar-refractivity contribution is 6.43. The van der Waals surface area contributed by atoms with Gasteiger partial charge in [0.05, 0.1) is 0 Å². The van der Waals surface area contributed by atoms with Crippen LogP contribution in [0.2, 0.25) is 0 Å². The summed E-state index contributed by atoms with van der Waals surface area (Å²) in [7, 11) is 0. The van der Waals surface area contributed by atoms with Gasteiger partial charge in [0.2, 0.25) is 5.78 Å². The van der Waals surface area contributed by atoms with Crippen LogP contribution in [0.4, 0.5) is 0 Å². The molecule has 0 radical (unpaired) electrons. The van der Waals surface area contributed by atoms with Crippen molar-refractivity contribution in [1.82, 2.24) is 10.4 Å². The maximum Gasteiger partial charge on any atom is 0.223 e. The van der Waals surface area contributed by atoms with Gasteiger partial charge in [0.15, 0.2) is 5.84 Å². The number of carbonyl (C=O) groups excluding carboxylic acids is 1. The first-order chi connectivity index (χ1) is 13.2. The predicted molar refractivity (Wildman–Crippen MR) is 105 cm³/mol. The molecule has 2 aliphatic heterocycles. The molecule has 0 amide bonds. The zero-order valence-corrected chi connectivity index (χ0v) is 15.0. The molecule has 0 aromatic heterocycles. The van der Waals surface area contributed by atoms with E-state index in [0.717, 1.165) is 24.0 Å². The lowest BCUT2D eigenvalue weighted by Gasteiger charge is -2.38. The van der Waals surface area contributed by atoms with Crippen LogP contribution in [0.25, 0.3) is 0 Å². The lowest BCUT2D eigenvalue weighted by Crippen LogP contribution is -2.45. The van der Waals surface area contributed by atoms with Crippen molar-refractivity contribution in [2.45, 2.75) is 36.9 Å². The smallest absolute Gasteiger partial charge is 0.223 e. The summed E-state index contributed by atoms with van der Waals surface area (Å²) in [4.78, 5) is 17.1. The van der Waals surface area contributed by atoms with E-state index in [4.69, 9.17) is 10.7 Å². The standard InChI is InChI=1S/C22H22N4O/c23-22(12-4-13-22)17-9-7-15(8-10-17)19-20(16-5-2-1-3-6-16)26-21(25-19)18(27)11-14-24-26/h1-3,5-11,14,19-20,24H,4,12-13,23H2. The highest BCUT2D eigenvalue weighted by Crippen LogP contribution is 2.43. The average molecular weight is 358 g/mol. The second-order valence-corrected chi connectivity index (χ2v) is 7.58. The number of amidine groups is 1. The molecule has 1 saturated carbocycles. The van der Waals surface area contributed by atoms with E-state index in [2.05, 4.69) is 41.8 Å². The van der Waals surface area contributed by atoms with E-state index >= 15 is 0 Å². The van der Waals surface area contributed by atoms with E-state index in [9.17, 15) is 4.79 Å². The van der Waals surface area contributed by atoms with Crippen molar-refractivity contribution in [1.29, 1.82) is 0 Å². The van der Waals surface area contributed by atoms with Crippen LogP contribution in [0.3, 0.4) is 0 Å². The molecule has 27 heavy (non-hydrogen) atoms. The van der Waals surface area contributed by atoms with Gasteiger partial charge in [-0.05, 0) is 36.0 Å². The molecule has 2 atom stereocenters. The van der Waals surface area contributed by atoms with Crippen LogP contribution < -0.4 is 11.2 Å². The minimum atomic E-state index is -0.169. The highest BCUT2D eigenvalue weighted by Gasteiger charge is 2.42. The quantitative estimate of drug-likeness (QED) is 0.884. The van der Waals surface area contributed by atoms with E-state index in [1.165, 1.54) is 18.1 Å². The van der Waals surface area contributed by atoms with Crippen LogP contribution in [0.5, 0.6) is 0 Å². The van der Waals surface area contributed by atoms with Gasteiger partial charge in [0, 0.05) is 17.8 Å². The van der Waals surface area contributed by atoms with Crippen molar-refractivity contribution in [3.8, 4) is 0 Å². The fraction of sp³-hybridized carbons (Fsp3) is 0.273. The number of benzene rings is 2. The predicted octanol–water partition coefficient (Wildman–Crippen LogP) is 3.12. The summed E-state index contributed by atoms with van der Waals surface area (Å²) >= 11 is 0. The van der Waals surface area contributed by atoms with E-state index in [0.29, 0.717) is 5.84 Å². The van der Waals surface area contributed by atoms with Gasteiger partial charge < -0.3 is 11.2 Å². The summed E-state index contributed by atoms with van der Waals surface area (Å²) in [5.41, 5.74) is 12.9. The number of hydrogen-bond acceptors (Lipinski definition) is 5. The summed E-state index contributed by atoms with van der Waals surface area (Å²) in [6.45, 7) is 0. The molecule has 5 heteroatoms. The molecule has 5 nitrogen and oxygen atoms in total. The molecule has 1 aliphatic carbocycles. The summed E-state index contributed by atoms with van der Waals surface area (Å²) in [6, 6.07) is 18.5. The molecule has 2 heterocycles. The third kappa shape index (κ3) is 2.58. The van der Waals surface area contributed by atoms with E-state index < -0.39 is 0 Å². The Hall–Kier alpha value is -2.92. The van der Waals surface area contributed by atoms with Gasteiger partial charge in [-0.2, -0.15) is 0 Å². The number of aliphatic imine (C=N–C) groups is 1. The molecule has 5 rings (SSSR count). The Kier molecular flexibility index (Phi) is 3.65. The number of ketones is 1. The maximum absolute atomic E-state index is 12.3. The Morgan fingerprint density at radius 2 is 1.78 bits per heavy atom. The average Bonchev–Trinajstić information content (AvgIpc) is 3.08. The zero-order chi connectivity index (χ0) is 18.4. The van der Waals surface area contributed by atoms with Gasteiger partial charge in [0.1, 0.15) is 12.1 Å². The Morgan fingerprint density at radius 1 is 1.04 bits per heavy atom. The van der Waals surface area contributed by atoms with Crippen LogP contribution in [0.15, 0.2) is 71.9 Å². The zero-order valence-electron chi connectivity index (χ0n) is 15.0. The monoisotopic (exact) mass is 358 g/mol. The lowest BCUT2D eigenvalue weighted by atomic mass is 9.72. The Morgan fingerprint density at radius 3 is 2.44 bits per heavy atom. The van der Waals surface area contributed by atoms with E-state index in [-0.39, 0.29) is 23.4 Å². The number of nitrogens with two attached hydrogens (primary N) is 1. The van der Waals surface area contributed by atoms with Crippen LogP contribution >= 0.6 is 0 Å². The first-order valence-electron chi connectivity index (χ1n) is 9.44. The third-order valence-corrected chi connectivity index (χ3v) is 5.95. The number of nitrogens with zero attached hydrogens (tertiary/aromatic N) is 2. The van der Waals surface area contributed by atoms with E-state index in [1.807, 2.05) is 23.2 Å². The van der Waals surface area contributed by atoms with Crippen molar-refractivity contribution < 1.29 is 4.79 Å². The second kappa shape index (κ2) is 6.06. The minimum absolute atomic E-state index is 0.0656. The molecule has 2 aromatic carbocycles. The van der Waals surface area contributed by atoms with Gasteiger partial charge in [-0.15, -0.1) is 0 Å². The molecular weight excluding hydrogens is 336 g/mol. The van der Waals surface area contributed by atoms with Gasteiger partial charge in [-0.1, -0.05) is 54.6 Å². The van der Waals surface area contributed by atoms with Gasteiger partial charge in [-0.25, -0.2) is 0 Å². The molecule has 2 unspecified atom stereocenters. The van der Waals surface area contributed by atoms with Gasteiger partial charge in [-0.3, -0.25) is 14.8 Å². The molecule has 0 spiro atoms. The summed E-state index contributed by atoms with van der Waals surface area (Å²) < 4.78 is 0. The molecule has 3 aliphatic rings. The number of rotatable bonds is 3. The Balaban J connectivity index is 1.53. The van der Waals surface area contributed by atoms with Crippen molar-refractivity contribution in [2.75, 3.05) is 0 Å². The fourth-order valence-electron chi connectivity index (χ4n) is 4.23. The summed E-state index contributed by atoms with van der Waals surface area (Å²) in [6.07, 6.45) is 6.49. The van der Waals surface area contributed by atoms with Crippen LogP contribution in [0.1, 0.15) is 48.0 Å². The molecular formula is C22H22N4O. The number of nitrogens with one attached hydrogen (secondary N) is 1. The number of hydrogen-bond donors (Lipinski definition) is 2. The molecule has 0 bridgehead atoms. The highest BCUT2D eigenvalue weighted by atomic mass is 16.1. The molecule has 136 valence electrons. The van der Waals surface area contributed by atoms with Gasteiger partial charge in [0.25, 0.3) is 0 Å².